The normalized spacial score (nSPS) is 15.8. The Morgan fingerprint density at radius 1 is 1.04 bits per heavy atom. The molecule has 3 rings (SSSR count). The molecule has 1 aliphatic heterocycles. The zero-order chi connectivity index (χ0) is 18.7. The molecule has 1 aliphatic rings. The van der Waals surface area contributed by atoms with E-state index in [-0.39, 0.29) is 49.2 Å². The van der Waals surface area contributed by atoms with Crippen LogP contribution in [0, 0.1) is 0 Å². The molecular weight excluding hydrogens is 360 g/mol. The standard InChI is InChI=1S/C16H18N4O5S/c21-15(12-20-14(16(22)23)6-7-17-20)18-8-10-19(11-9-18)26(24,25)13-4-2-1-3-5-13/h1-7H,8-12H2,(H,22,23). The fourth-order valence-corrected chi connectivity index (χ4v) is 4.23. The summed E-state index contributed by atoms with van der Waals surface area (Å²) in [6.45, 7) is 0.672. The van der Waals surface area contributed by atoms with Crippen LogP contribution in [0.15, 0.2) is 47.5 Å². The molecule has 0 unspecified atom stereocenters. The summed E-state index contributed by atoms with van der Waals surface area (Å²) >= 11 is 0. The minimum atomic E-state index is -3.58. The predicted molar refractivity (Wildman–Crippen MR) is 91.0 cm³/mol. The van der Waals surface area contributed by atoms with Crippen molar-refractivity contribution in [3.8, 4) is 0 Å². The third-order valence-electron chi connectivity index (χ3n) is 4.19. The van der Waals surface area contributed by atoms with Crippen LogP contribution in [0.2, 0.25) is 0 Å². The van der Waals surface area contributed by atoms with E-state index in [1.807, 2.05) is 0 Å². The second-order valence-electron chi connectivity index (χ2n) is 5.78. The van der Waals surface area contributed by atoms with Crippen molar-refractivity contribution in [2.24, 2.45) is 0 Å². The Hall–Kier alpha value is -2.72. The highest BCUT2D eigenvalue weighted by Gasteiger charge is 2.30. The summed E-state index contributed by atoms with van der Waals surface area (Å²) in [5, 5.41) is 12.9. The van der Waals surface area contributed by atoms with E-state index >= 15 is 0 Å². The molecule has 1 N–H and O–H groups in total. The molecule has 0 saturated carbocycles. The number of aromatic nitrogens is 2. The number of piperazine rings is 1. The number of carbonyl (C=O) groups is 2. The molecular formula is C16H18N4O5S. The van der Waals surface area contributed by atoms with Gasteiger partial charge in [-0.3, -0.25) is 4.79 Å². The van der Waals surface area contributed by atoms with Crippen molar-refractivity contribution in [2.75, 3.05) is 26.2 Å². The topological polar surface area (TPSA) is 113 Å². The second kappa shape index (κ2) is 7.26. The van der Waals surface area contributed by atoms with E-state index in [4.69, 9.17) is 5.11 Å². The third-order valence-corrected chi connectivity index (χ3v) is 6.11. The van der Waals surface area contributed by atoms with Gasteiger partial charge in [0.2, 0.25) is 15.9 Å². The average molecular weight is 378 g/mol. The SMILES string of the molecule is O=C(O)c1ccnn1CC(=O)N1CCN(S(=O)(=O)c2ccccc2)CC1. The molecule has 138 valence electrons. The van der Waals surface area contributed by atoms with E-state index in [1.165, 1.54) is 33.6 Å². The van der Waals surface area contributed by atoms with Gasteiger partial charge in [-0.1, -0.05) is 18.2 Å². The molecule has 1 aromatic heterocycles. The van der Waals surface area contributed by atoms with Gasteiger partial charge in [0, 0.05) is 32.4 Å². The number of hydrogen-bond acceptors (Lipinski definition) is 5. The first kappa shape index (κ1) is 18.1. The molecule has 2 aromatic rings. The largest absolute Gasteiger partial charge is 0.477 e. The van der Waals surface area contributed by atoms with Gasteiger partial charge in [-0.2, -0.15) is 9.40 Å². The molecule has 10 heteroatoms. The first-order valence-electron chi connectivity index (χ1n) is 7.97. The highest BCUT2D eigenvalue weighted by Crippen LogP contribution is 2.17. The molecule has 1 fully saturated rings. The first-order chi connectivity index (χ1) is 12.4. The molecule has 0 radical (unpaired) electrons. The number of aromatic carboxylic acids is 1. The molecule has 1 aromatic carbocycles. The highest BCUT2D eigenvalue weighted by atomic mass is 32.2. The minimum Gasteiger partial charge on any atom is -0.477 e. The Balaban J connectivity index is 1.62. The van der Waals surface area contributed by atoms with Crippen LogP contribution in [0.1, 0.15) is 10.5 Å². The molecule has 1 amide bonds. The van der Waals surface area contributed by atoms with Gasteiger partial charge >= 0.3 is 5.97 Å². The van der Waals surface area contributed by atoms with E-state index in [1.54, 1.807) is 18.2 Å². The summed E-state index contributed by atoms with van der Waals surface area (Å²) in [4.78, 5) is 25.2. The smallest absolute Gasteiger partial charge is 0.354 e. The molecule has 2 heterocycles. The fraction of sp³-hybridized carbons (Fsp3) is 0.312. The van der Waals surface area contributed by atoms with Crippen molar-refractivity contribution in [1.82, 2.24) is 19.0 Å². The maximum absolute atomic E-state index is 12.6. The molecule has 0 bridgehead atoms. The summed E-state index contributed by atoms with van der Waals surface area (Å²) in [5.74, 6) is -1.46. The van der Waals surface area contributed by atoms with Crippen molar-refractivity contribution in [3.05, 3.63) is 48.3 Å². The van der Waals surface area contributed by atoms with Crippen LogP contribution in [0.5, 0.6) is 0 Å². The van der Waals surface area contributed by atoms with Crippen LogP contribution in [-0.4, -0.2) is 70.6 Å². The quantitative estimate of drug-likeness (QED) is 0.790. The molecule has 26 heavy (non-hydrogen) atoms. The van der Waals surface area contributed by atoms with Crippen molar-refractivity contribution < 1.29 is 23.1 Å². The van der Waals surface area contributed by atoms with Crippen LogP contribution >= 0.6 is 0 Å². The number of benzene rings is 1. The predicted octanol–water partition coefficient (Wildman–Crippen LogP) is 0.114. The molecule has 0 spiro atoms. The summed E-state index contributed by atoms with van der Waals surface area (Å²) < 4.78 is 27.6. The van der Waals surface area contributed by atoms with E-state index < -0.39 is 16.0 Å². The van der Waals surface area contributed by atoms with Crippen molar-refractivity contribution in [3.63, 3.8) is 0 Å². The summed E-state index contributed by atoms with van der Waals surface area (Å²) in [7, 11) is -3.58. The highest BCUT2D eigenvalue weighted by molar-refractivity contribution is 7.89. The monoisotopic (exact) mass is 378 g/mol. The van der Waals surface area contributed by atoms with Crippen molar-refractivity contribution in [1.29, 1.82) is 0 Å². The lowest BCUT2D eigenvalue weighted by molar-refractivity contribution is -0.133. The third kappa shape index (κ3) is 3.60. The number of amides is 1. The Morgan fingerprint density at radius 2 is 1.69 bits per heavy atom. The van der Waals surface area contributed by atoms with E-state index in [9.17, 15) is 18.0 Å². The summed E-state index contributed by atoms with van der Waals surface area (Å²) in [5.41, 5.74) is -0.0661. The lowest BCUT2D eigenvalue weighted by atomic mass is 10.3. The van der Waals surface area contributed by atoms with E-state index in [0.717, 1.165) is 4.68 Å². The van der Waals surface area contributed by atoms with Gasteiger partial charge in [0.05, 0.1) is 4.90 Å². The Kier molecular flexibility index (Phi) is 5.05. The van der Waals surface area contributed by atoms with Gasteiger partial charge in [0.1, 0.15) is 12.2 Å². The van der Waals surface area contributed by atoms with Gasteiger partial charge in [0.15, 0.2) is 0 Å². The van der Waals surface area contributed by atoms with E-state index in [0.29, 0.717) is 0 Å². The number of carbonyl (C=O) groups excluding carboxylic acids is 1. The molecule has 0 aliphatic carbocycles. The number of carboxylic acid groups (broad SMARTS) is 1. The zero-order valence-corrected chi connectivity index (χ0v) is 14.7. The number of carboxylic acids is 1. The lowest BCUT2D eigenvalue weighted by Gasteiger charge is -2.34. The zero-order valence-electron chi connectivity index (χ0n) is 13.9. The van der Waals surface area contributed by atoms with Gasteiger partial charge in [0.25, 0.3) is 0 Å². The summed E-state index contributed by atoms with van der Waals surface area (Å²) in [6, 6.07) is 9.47. The van der Waals surface area contributed by atoms with Crippen LogP contribution in [0.3, 0.4) is 0 Å². The Labute approximate surface area is 150 Å². The Morgan fingerprint density at radius 3 is 2.31 bits per heavy atom. The maximum Gasteiger partial charge on any atom is 0.354 e. The van der Waals surface area contributed by atoms with Crippen LogP contribution in [-0.2, 0) is 21.4 Å². The number of hydrogen-bond donors (Lipinski definition) is 1. The molecule has 9 nitrogen and oxygen atoms in total. The fourth-order valence-electron chi connectivity index (χ4n) is 2.79. The van der Waals surface area contributed by atoms with Crippen LogP contribution in [0.4, 0.5) is 0 Å². The van der Waals surface area contributed by atoms with Crippen molar-refractivity contribution in [2.45, 2.75) is 11.4 Å². The van der Waals surface area contributed by atoms with E-state index in [2.05, 4.69) is 5.10 Å². The van der Waals surface area contributed by atoms with Gasteiger partial charge in [-0.25, -0.2) is 17.9 Å². The number of rotatable bonds is 5. The molecule has 1 saturated heterocycles. The van der Waals surface area contributed by atoms with Gasteiger partial charge < -0.3 is 10.0 Å². The Bertz CT molecular complexity index is 902. The maximum atomic E-state index is 12.6. The average Bonchev–Trinajstić information content (AvgIpc) is 3.11. The lowest BCUT2D eigenvalue weighted by Crippen LogP contribution is -2.51. The first-order valence-corrected chi connectivity index (χ1v) is 9.41. The van der Waals surface area contributed by atoms with Gasteiger partial charge in [-0.05, 0) is 18.2 Å². The number of sulfonamides is 1. The minimum absolute atomic E-state index is 0.0661. The number of nitrogens with zero attached hydrogens (tertiary/aromatic N) is 4. The summed E-state index contributed by atoms with van der Waals surface area (Å²) in [6.07, 6.45) is 1.32. The van der Waals surface area contributed by atoms with Gasteiger partial charge in [-0.15, -0.1) is 0 Å². The second-order valence-corrected chi connectivity index (χ2v) is 7.72. The van der Waals surface area contributed by atoms with Crippen LogP contribution < -0.4 is 0 Å². The molecule has 0 atom stereocenters. The van der Waals surface area contributed by atoms with Crippen molar-refractivity contribution >= 4 is 21.9 Å². The van der Waals surface area contributed by atoms with Crippen LogP contribution in [0.25, 0.3) is 0 Å².